The number of likely N-dealkylation sites (tertiary alicyclic amines) is 1. The van der Waals surface area contributed by atoms with Gasteiger partial charge in [0.2, 0.25) is 17.7 Å². The third-order valence-electron chi connectivity index (χ3n) is 7.18. The van der Waals surface area contributed by atoms with Crippen molar-refractivity contribution in [3.63, 3.8) is 0 Å². The van der Waals surface area contributed by atoms with E-state index in [1.807, 2.05) is 0 Å². The second kappa shape index (κ2) is 10.6. The Kier molecular flexibility index (Phi) is 7.21. The number of hydrogen-bond donors (Lipinski definition) is 5. The number of nitrogens with two attached hydrogens (primary N) is 2. The molecule has 5 rings (SSSR count). The predicted molar refractivity (Wildman–Crippen MR) is 142 cm³/mol. The number of aromatic nitrogens is 3. The van der Waals surface area contributed by atoms with Gasteiger partial charge in [0.25, 0.3) is 5.91 Å². The van der Waals surface area contributed by atoms with Gasteiger partial charge >= 0.3 is 0 Å². The third-order valence-corrected chi connectivity index (χ3v) is 7.39. The van der Waals surface area contributed by atoms with Gasteiger partial charge in [-0.05, 0) is 55.5 Å². The quantitative estimate of drug-likeness (QED) is 0.247. The lowest BCUT2D eigenvalue weighted by molar-refractivity contribution is -0.141. The highest BCUT2D eigenvalue weighted by atomic mass is 35.5. The lowest BCUT2D eigenvalue weighted by Gasteiger charge is -2.34. The molecule has 39 heavy (non-hydrogen) atoms. The Bertz CT molecular complexity index is 1480. The van der Waals surface area contributed by atoms with Gasteiger partial charge in [0.1, 0.15) is 29.6 Å². The fourth-order valence-corrected chi connectivity index (χ4v) is 5.61. The molecule has 1 aliphatic heterocycles. The molecular weight excluding hydrogens is 528 g/mol. The third kappa shape index (κ3) is 5.15. The Hall–Kier alpha value is -4.07. The van der Waals surface area contributed by atoms with Crippen LogP contribution in [-0.2, 0) is 20.9 Å². The zero-order chi connectivity index (χ0) is 27.8. The average Bonchev–Trinajstić information content (AvgIpc) is 3.61. The van der Waals surface area contributed by atoms with Gasteiger partial charge in [-0.1, -0.05) is 17.7 Å². The van der Waals surface area contributed by atoms with Gasteiger partial charge < -0.3 is 32.1 Å². The molecule has 2 fully saturated rings. The van der Waals surface area contributed by atoms with Crippen molar-refractivity contribution in [1.29, 1.82) is 0 Å². The van der Waals surface area contributed by atoms with E-state index in [1.165, 1.54) is 10.7 Å². The number of pyridine rings is 1. The zero-order valence-corrected chi connectivity index (χ0v) is 21.5. The topological polar surface area (TPSA) is 199 Å². The normalized spacial score (nSPS) is 20.7. The SMILES string of the molecule is NC(=O)c1nn(CC(=O)N2[C@@H]3CC[C@@H](C3)[C@H]2C(=O)Nc2cccc(Cl)n2)c2ccc(NC(=O)[C@@H](N)CO)cc12. The Morgan fingerprint density at radius 2 is 1.95 bits per heavy atom. The molecule has 4 atom stereocenters. The number of aliphatic hydroxyl groups excluding tert-OH is 1. The lowest BCUT2D eigenvalue weighted by Crippen LogP contribution is -2.52. The molecular formula is C25H27ClN8O5. The number of benzene rings is 1. The molecule has 0 radical (unpaired) electrons. The summed E-state index contributed by atoms with van der Waals surface area (Å²) in [6, 6.07) is 7.67. The van der Waals surface area contributed by atoms with Gasteiger partial charge in [0.15, 0.2) is 5.69 Å². The van der Waals surface area contributed by atoms with Gasteiger partial charge in [0.05, 0.1) is 12.1 Å². The van der Waals surface area contributed by atoms with Crippen molar-refractivity contribution < 1.29 is 24.3 Å². The molecule has 0 spiro atoms. The van der Waals surface area contributed by atoms with E-state index in [4.69, 9.17) is 28.2 Å². The van der Waals surface area contributed by atoms with E-state index < -0.39 is 30.5 Å². The molecule has 4 amide bonds. The Balaban J connectivity index is 1.39. The summed E-state index contributed by atoms with van der Waals surface area (Å²) in [6.07, 6.45) is 2.35. The van der Waals surface area contributed by atoms with Gasteiger partial charge in [-0.2, -0.15) is 5.10 Å². The van der Waals surface area contributed by atoms with Crippen LogP contribution in [-0.4, -0.2) is 73.1 Å². The molecule has 14 heteroatoms. The Labute approximate surface area is 227 Å². The van der Waals surface area contributed by atoms with E-state index in [-0.39, 0.29) is 41.2 Å². The number of nitrogens with zero attached hydrogens (tertiary/aromatic N) is 4. The molecule has 2 bridgehead atoms. The van der Waals surface area contributed by atoms with Crippen LogP contribution in [0.5, 0.6) is 0 Å². The second-order valence-electron chi connectivity index (χ2n) is 9.69. The number of primary amides is 1. The number of fused-ring (bicyclic) bond motifs is 3. The number of carbonyl (C=O) groups excluding carboxylic acids is 4. The smallest absolute Gasteiger partial charge is 0.269 e. The fourth-order valence-electron chi connectivity index (χ4n) is 5.45. The van der Waals surface area contributed by atoms with Crippen LogP contribution in [0, 0.1) is 5.92 Å². The molecule has 204 valence electrons. The van der Waals surface area contributed by atoms with Crippen molar-refractivity contribution in [3.8, 4) is 0 Å². The Morgan fingerprint density at radius 3 is 2.67 bits per heavy atom. The number of aliphatic hydroxyl groups is 1. The summed E-state index contributed by atoms with van der Waals surface area (Å²) in [5, 5.41) is 19.3. The van der Waals surface area contributed by atoms with Crippen LogP contribution in [0.25, 0.3) is 10.9 Å². The van der Waals surface area contributed by atoms with Gasteiger partial charge in [0, 0.05) is 17.1 Å². The Morgan fingerprint density at radius 1 is 1.15 bits per heavy atom. The van der Waals surface area contributed by atoms with E-state index in [9.17, 15) is 19.2 Å². The first-order valence-electron chi connectivity index (χ1n) is 12.4. The number of amides is 4. The number of piperidine rings is 1. The summed E-state index contributed by atoms with van der Waals surface area (Å²) in [5.41, 5.74) is 11.8. The maximum absolute atomic E-state index is 13.6. The molecule has 0 unspecified atom stereocenters. The van der Waals surface area contributed by atoms with Crippen molar-refractivity contribution in [2.24, 2.45) is 17.4 Å². The maximum Gasteiger partial charge on any atom is 0.269 e. The minimum absolute atomic E-state index is 0.0186. The molecule has 1 saturated carbocycles. The largest absolute Gasteiger partial charge is 0.394 e. The predicted octanol–water partition coefficient (Wildman–Crippen LogP) is 0.460. The molecule has 1 aliphatic carbocycles. The molecule has 3 heterocycles. The standard InChI is InChI=1S/C25H27ClN8O5/c26-18-2-1-3-19(30-18)31-25(39)22-12-4-6-14(8-12)34(22)20(36)10-33-17-7-5-13(29-24(38)16(27)11-35)9-15(17)21(32-33)23(28)37/h1-3,5,7,9,12,14,16,22,35H,4,6,8,10-11,27H2,(H2,28,37)(H,29,38)(H,30,31,39)/t12-,14+,16-,22-/m0/s1. The van der Waals surface area contributed by atoms with Crippen LogP contribution >= 0.6 is 11.6 Å². The first-order chi connectivity index (χ1) is 18.7. The molecule has 13 nitrogen and oxygen atoms in total. The van der Waals surface area contributed by atoms with E-state index in [0.717, 1.165) is 19.3 Å². The molecule has 7 N–H and O–H groups in total. The number of nitrogens with one attached hydrogen (secondary N) is 2. The summed E-state index contributed by atoms with van der Waals surface area (Å²) < 4.78 is 1.36. The van der Waals surface area contributed by atoms with Crippen molar-refractivity contribution >= 4 is 57.6 Å². The molecule has 1 aromatic carbocycles. The van der Waals surface area contributed by atoms with Crippen molar-refractivity contribution in [1.82, 2.24) is 19.7 Å². The van der Waals surface area contributed by atoms with Gasteiger partial charge in [-0.3, -0.25) is 23.9 Å². The molecule has 2 aliphatic rings. The lowest BCUT2D eigenvalue weighted by atomic mass is 9.97. The van der Waals surface area contributed by atoms with Gasteiger partial charge in [-0.15, -0.1) is 0 Å². The molecule has 2 aromatic heterocycles. The monoisotopic (exact) mass is 554 g/mol. The number of carbonyl (C=O) groups is 4. The fraction of sp³-hybridized carbons (Fsp3) is 0.360. The highest BCUT2D eigenvalue weighted by Gasteiger charge is 2.51. The van der Waals surface area contributed by atoms with Crippen molar-refractivity contribution in [2.45, 2.75) is 43.9 Å². The van der Waals surface area contributed by atoms with Crippen LogP contribution in [0.2, 0.25) is 5.15 Å². The van der Waals surface area contributed by atoms with Crippen LogP contribution < -0.4 is 22.1 Å². The average molecular weight is 555 g/mol. The highest BCUT2D eigenvalue weighted by molar-refractivity contribution is 6.29. The number of hydrogen-bond acceptors (Lipinski definition) is 8. The number of rotatable bonds is 8. The van der Waals surface area contributed by atoms with Crippen molar-refractivity contribution in [2.75, 3.05) is 17.2 Å². The minimum Gasteiger partial charge on any atom is -0.394 e. The first-order valence-corrected chi connectivity index (χ1v) is 12.8. The van der Waals surface area contributed by atoms with Crippen molar-refractivity contribution in [3.05, 3.63) is 47.2 Å². The maximum atomic E-state index is 13.6. The van der Waals surface area contributed by atoms with E-state index in [1.54, 1.807) is 35.2 Å². The van der Waals surface area contributed by atoms with Crippen LogP contribution in [0.1, 0.15) is 29.8 Å². The summed E-state index contributed by atoms with van der Waals surface area (Å²) in [5.74, 6) is -1.77. The van der Waals surface area contributed by atoms with E-state index in [0.29, 0.717) is 22.4 Å². The first kappa shape index (κ1) is 26.5. The van der Waals surface area contributed by atoms with Crippen LogP contribution in [0.15, 0.2) is 36.4 Å². The minimum atomic E-state index is -1.12. The van der Waals surface area contributed by atoms with Gasteiger partial charge in [-0.25, -0.2) is 4.98 Å². The molecule has 1 saturated heterocycles. The summed E-state index contributed by atoms with van der Waals surface area (Å²) in [7, 11) is 0. The molecule has 3 aromatic rings. The van der Waals surface area contributed by atoms with Crippen LogP contribution in [0.4, 0.5) is 11.5 Å². The number of anilines is 2. The summed E-state index contributed by atoms with van der Waals surface area (Å²) >= 11 is 5.94. The van der Waals surface area contributed by atoms with E-state index in [2.05, 4.69) is 20.7 Å². The van der Waals surface area contributed by atoms with Crippen LogP contribution in [0.3, 0.4) is 0 Å². The number of halogens is 1. The second-order valence-corrected chi connectivity index (χ2v) is 10.1. The van der Waals surface area contributed by atoms with E-state index >= 15 is 0 Å². The summed E-state index contributed by atoms with van der Waals surface area (Å²) in [6.45, 7) is -0.763. The summed E-state index contributed by atoms with van der Waals surface area (Å²) in [4.78, 5) is 56.8. The zero-order valence-electron chi connectivity index (χ0n) is 20.7. The highest BCUT2D eigenvalue weighted by Crippen LogP contribution is 2.43.